The molecule has 4 amide bonds. The van der Waals surface area contributed by atoms with E-state index in [4.69, 9.17) is 21.1 Å². The summed E-state index contributed by atoms with van der Waals surface area (Å²) in [6.45, 7) is 5.34. The third-order valence-electron chi connectivity index (χ3n) is 7.97. The maximum absolute atomic E-state index is 13.7. The van der Waals surface area contributed by atoms with E-state index in [1.165, 1.54) is 17.7 Å². The summed E-state index contributed by atoms with van der Waals surface area (Å²) in [4.78, 5) is 54.9. The van der Waals surface area contributed by atoms with Crippen LogP contribution >= 0.6 is 11.6 Å². The number of esters is 1. The number of rotatable bonds is 13. The number of hydrogen-bond donors (Lipinski definition) is 2. The molecule has 0 heterocycles. The molecule has 10 nitrogen and oxygen atoms in total. The lowest BCUT2D eigenvalue weighted by Gasteiger charge is -2.27. The number of para-hydroxylation sites is 2. The van der Waals surface area contributed by atoms with Crippen molar-refractivity contribution in [1.82, 2.24) is 5.32 Å². The lowest BCUT2D eigenvalue weighted by atomic mass is 10.0. The number of anilines is 3. The maximum atomic E-state index is 13.7. The Bertz CT molecular complexity index is 1580. The van der Waals surface area contributed by atoms with Gasteiger partial charge in [-0.1, -0.05) is 67.6 Å². The van der Waals surface area contributed by atoms with Gasteiger partial charge in [0.05, 0.1) is 18.7 Å². The molecule has 4 rings (SSSR count). The summed E-state index contributed by atoms with van der Waals surface area (Å²) in [5, 5.41) is 5.92. The van der Waals surface area contributed by atoms with Gasteiger partial charge in [-0.2, -0.15) is 0 Å². The van der Waals surface area contributed by atoms with Crippen LogP contribution in [0.15, 0.2) is 72.8 Å². The van der Waals surface area contributed by atoms with Crippen molar-refractivity contribution in [2.24, 2.45) is 5.92 Å². The lowest BCUT2D eigenvalue weighted by Crippen LogP contribution is -2.42. The van der Waals surface area contributed by atoms with E-state index >= 15 is 0 Å². The third-order valence-corrected chi connectivity index (χ3v) is 8.20. The van der Waals surface area contributed by atoms with Crippen molar-refractivity contribution in [2.45, 2.75) is 64.9 Å². The zero-order valence-corrected chi connectivity index (χ0v) is 28.8. The van der Waals surface area contributed by atoms with Gasteiger partial charge < -0.3 is 29.9 Å². The Morgan fingerprint density at radius 1 is 0.917 bits per heavy atom. The molecule has 0 aliphatic heterocycles. The third kappa shape index (κ3) is 11.3. The first-order valence-electron chi connectivity index (χ1n) is 16.3. The zero-order chi connectivity index (χ0) is 34.7. The molecule has 2 N–H and O–H groups in total. The van der Waals surface area contributed by atoms with Crippen LogP contribution in [0, 0.1) is 5.92 Å². The number of hydrogen-bond acceptors (Lipinski definition) is 6. The molecule has 0 saturated heterocycles. The zero-order valence-electron chi connectivity index (χ0n) is 28.1. The van der Waals surface area contributed by atoms with E-state index < -0.39 is 11.6 Å². The predicted octanol–water partition coefficient (Wildman–Crippen LogP) is 7.00. The van der Waals surface area contributed by atoms with Crippen molar-refractivity contribution in [3.05, 3.63) is 83.4 Å². The van der Waals surface area contributed by atoms with Crippen molar-refractivity contribution in [3.8, 4) is 5.75 Å². The first kappa shape index (κ1) is 36.3. The lowest BCUT2D eigenvalue weighted by molar-refractivity contribution is -0.153. The highest BCUT2D eigenvalue weighted by Crippen LogP contribution is 2.32. The largest absolute Gasteiger partial charge is 0.482 e. The van der Waals surface area contributed by atoms with Crippen LogP contribution in [0.3, 0.4) is 0 Å². The molecular formula is C37H45ClN4O6. The van der Waals surface area contributed by atoms with E-state index in [2.05, 4.69) is 10.6 Å². The Balaban J connectivity index is 1.40. The van der Waals surface area contributed by atoms with Crippen molar-refractivity contribution in [2.75, 3.05) is 41.9 Å². The summed E-state index contributed by atoms with van der Waals surface area (Å²) in [5.74, 6) is -0.0688. The minimum Gasteiger partial charge on any atom is -0.482 e. The molecule has 0 aromatic heterocycles. The number of halogens is 1. The monoisotopic (exact) mass is 676 g/mol. The fraction of sp³-hybridized carbons (Fsp3) is 0.405. The highest BCUT2D eigenvalue weighted by atomic mass is 35.5. The van der Waals surface area contributed by atoms with Crippen molar-refractivity contribution in [1.29, 1.82) is 0 Å². The second kappa shape index (κ2) is 17.0. The van der Waals surface area contributed by atoms with Gasteiger partial charge in [0.2, 0.25) is 5.91 Å². The fourth-order valence-electron chi connectivity index (χ4n) is 5.59. The highest BCUT2D eigenvalue weighted by Gasteiger charge is 2.24. The summed E-state index contributed by atoms with van der Waals surface area (Å²) >= 11 is 6.10. The van der Waals surface area contributed by atoms with Gasteiger partial charge in [-0.15, -0.1) is 0 Å². The summed E-state index contributed by atoms with van der Waals surface area (Å²) in [6, 6.07) is 20.4. The molecule has 0 bridgehead atoms. The van der Waals surface area contributed by atoms with Crippen LogP contribution < -0.4 is 25.2 Å². The summed E-state index contributed by atoms with van der Waals surface area (Å²) in [6.07, 6.45) is 5.48. The van der Waals surface area contributed by atoms with Gasteiger partial charge in [0.15, 0.2) is 6.61 Å². The smallest absolute Gasteiger partial charge is 0.319 e. The summed E-state index contributed by atoms with van der Waals surface area (Å²) < 4.78 is 11.4. The standard InChI is InChI=1S/C37H45ClN4O6/c1-37(2,3)48-35(45)22-27-13-9-15-29(21-27)40-36(46)39-24-33(43)42(20-19-26-11-5-6-12-26)31-17-7-8-18-32(31)47-25-34(44)41(4)30-16-10-14-28(38)23-30/h7-10,13-18,21,23,26H,5-6,11-12,19-20,22,24-25H2,1-4H3,(H2,39,40,46). The molecule has 1 aliphatic carbocycles. The Hall–Kier alpha value is -4.57. The molecule has 11 heteroatoms. The topological polar surface area (TPSA) is 117 Å². The second-order valence-corrected chi connectivity index (χ2v) is 13.4. The number of carbonyl (C=O) groups is 4. The molecule has 0 atom stereocenters. The number of carbonyl (C=O) groups excluding carboxylic acids is 4. The molecule has 0 unspecified atom stereocenters. The molecule has 3 aromatic carbocycles. The summed E-state index contributed by atoms with van der Waals surface area (Å²) in [5.41, 5.74) is 1.73. The Labute approximate surface area is 287 Å². The molecule has 256 valence electrons. The molecule has 1 fully saturated rings. The minimum absolute atomic E-state index is 0.0623. The van der Waals surface area contributed by atoms with Gasteiger partial charge in [0.25, 0.3) is 5.91 Å². The van der Waals surface area contributed by atoms with Gasteiger partial charge >= 0.3 is 12.0 Å². The number of likely N-dealkylation sites (N-methyl/N-ethyl adjacent to an activating group) is 1. The van der Waals surface area contributed by atoms with Crippen LogP contribution in [0.4, 0.5) is 21.9 Å². The molecule has 0 radical (unpaired) electrons. The molecule has 1 saturated carbocycles. The van der Waals surface area contributed by atoms with Gasteiger partial charge in [-0.05, 0) is 81.1 Å². The molecule has 1 aliphatic rings. The second-order valence-electron chi connectivity index (χ2n) is 12.9. The first-order valence-corrected chi connectivity index (χ1v) is 16.7. The van der Waals surface area contributed by atoms with Crippen molar-refractivity contribution in [3.63, 3.8) is 0 Å². The van der Waals surface area contributed by atoms with Gasteiger partial charge in [0.1, 0.15) is 11.4 Å². The Kier molecular flexibility index (Phi) is 12.9. The van der Waals surface area contributed by atoms with Crippen LogP contribution in [0.1, 0.15) is 58.4 Å². The molecule has 48 heavy (non-hydrogen) atoms. The molecule has 0 spiro atoms. The average molecular weight is 677 g/mol. The number of amides is 4. The number of urea groups is 1. The van der Waals surface area contributed by atoms with Crippen LogP contribution in [-0.2, 0) is 25.5 Å². The average Bonchev–Trinajstić information content (AvgIpc) is 3.56. The minimum atomic E-state index is -0.595. The van der Waals surface area contributed by atoms with Crippen LogP contribution in [0.25, 0.3) is 0 Å². The van der Waals surface area contributed by atoms with Gasteiger partial charge in [0, 0.05) is 30.0 Å². The normalized spacial score (nSPS) is 13.0. The number of benzene rings is 3. The Morgan fingerprint density at radius 2 is 1.65 bits per heavy atom. The summed E-state index contributed by atoms with van der Waals surface area (Å²) in [7, 11) is 1.65. The van der Waals surface area contributed by atoms with Crippen LogP contribution in [0.5, 0.6) is 5.75 Å². The van der Waals surface area contributed by atoms with Gasteiger partial charge in [-0.25, -0.2) is 4.79 Å². The highest BCUT2D eigenvalue weighted by molar-refractivity contribution is 6.30. The first-order chi connectivity index (χ1) is 22.9. The number of nitrogens with one attached hydrogen (secondary N) is 2. The van der Waals surface area contributed by atoms with Crippen LogP contribution in [0.2, 0.25) is 5.02 Å². The molecular weight excluding hydrogens is 632 g/mol. The Morgan fingerprint density at radius 3 is 2.38 bits per heavy atom. The fourth-order valence-corrected chi connectivity index (χ4v) is 5.77. The van der Waals surface area contributed by atoms with E-state index in [-0.39, 0.29) is 37.4 Å². The van der Waals surface area contributed by atoms with Crippen molar-refractivity contribution >= 4 is 52.5 Å². The number of ether oxygens (including phenoxy) is 2. The number of nitrogens with zero attached hydrogens (tertiary/aromatic N) is 2. The predicted molar refractivity (Wildman–Crippen MR) is 189 cm³/mol. The van der Waals surface area contributed by atoms with E-state index in [0.717, 1.165) is 19.3 Å². The van der Waals surface area contributed by atoms with E-state index in [9.17, 15) is 19.2 Å². The van der Waals surface area contributed by atoms with E-state index in [1.54, 1.807) is 99.4 Å². The maximum Gasteiger partial charge on any atom is 0.319 e. The van der Waals surface area contributed by atoms with E-state index in [0.29, 0.717) is 45.9 Å². The molecule has 3 aromatic rings. The SMILES string of the molecule is CN(C(=O)COc1ccccc1N(CCC1CCCC1)C(=O)CNC(=O)Nc1cccc(CC(=O)OC(C)(C)C)c1)c1cccc(Cl)c1. The van der Waals surface area contributed by atoms with E-state index in [1.807, 2.05) is 6.07 Å². The quantitative estimate of drug-likeness (QED) is 0.188. The van der Waals surface area contributed by atoms with Crippen molar-refractivity contribution < 1.29 is 28.7 Å². The van der Waals surface area contributed by atoms with Gasteiger partial charge in [-0.3, -0.25) is 14.4 Å². The van der Waals surface area contributed by atoms with Crippen LogP contribution in [-0.4, -0.2) is 56.2 Å².